The molecule has 15 heteroatoms. The second-order valence-electron chi connectivity index (χ2n) is 15.6. The smallest absolute Gasteiger partial charge is 0.322 e. The Bertz CT molecular complexity index is 1610. The van der Waals surface area contributed by atoms with Gasteiger partial charge in [0.25, 0.3) is 0 Å². The van der Waals surface area contributed by atoms with Crippen LogP contribution < -0.4 is 15.4 Å². The van der Waals surface area contributed by atoms with Crippen molar-refractivity contribution in [1.29, 1.82) is 0 Å². The third-order valence-corrected chi connectivity index (χ3v) is 12.1. The fraction of sp³-hybridized carbons (Fsp3) is 0.625. The van der Waals surface area contributed by atoms with Gasteiger partial charge in [-0.25, -0.2) is 9.59 Å². The first-order valence-electron chi connectivity index (χ1n) is 20.0. The molecule has 2 aromatic rings. The van der Waals surface area contributed by atoms with Crippen molar-refractivity contribution in [3.63, 3.8) is 0 Å². The molecule has 0 radical (unpaired) electrons. The predicted molar refractivity (Wildman–Crippen MR) is 202 cm³/mol. The molecule has 0 aliphatic carbocycles. The molecule has 2 aromatic carbocycles. The van der Waals surface area contributed by atoms with Crippen molar-refractivity contribution in [3.05, 3.63) is 59.7 Å². The van der Waals surface area contributed by atoms with E-state index < -0.39 is 43.4 Å². The van der Waals surface area contributed by atoms with Gasteiger partial charge >= 0.3 is 12.1 Å². The fourth-order valence-corrected chi connectivity index (χ4v) is 8.75. The molecule has 6 N–H and O–H groups in total. The highest BCUT2D eigenvalue weighted by atomic mass is 16.7. The van der Waals surface area contributed by atoms with Gasteiger partial charge in [0.15, 0.2) is 0 Å². The van der Waals surface area contributed by atoms with Gasteiger partial charge in [0.2, 0.25) is 12.2 Å². The van der Waals surface area contributed by atoms with Crippen LogP contribution in [0.4, 0.5) is 15.3 Å². The van der Waals surface area contributed by atoms with Gasteiger partial charge in [0.1, 0.15) is 36.2 Å². The molecule has 300 valence electrons. The van der Waals surface area contributed by atoms with E-state index in [9.17, 15) is 34.8 Å². The highest BCUT2D eigenvalue weighted by molar-refractivity contribution is 5.91. The number of aliphatic hydroxyl groups is 4. The molecular weight excluding hydrogens is 708 g/mol. The van der Waals surface area contributed by atoms with Crippen molar-refractivity contribution >= 4 is 23.7 Å². The van der Waals surface area contributed by atoms with Crippen molar-refractivity contribution in [2.45, 2.75) is 107 Å². The standard InChI is InChI=1S/C40H56N6O9/c47-25-33-34(48)35(49)36(50)38(55-33)54-30-10-8-26(9-11-30)24-32(37(51)44-19-13-28(14-20-44)43-17-4-1-5-18-43)42-39(52)45-21-15-29(16-22-45)46-23-12-27-6-2-3-7-31(27)41-40(46)53/h2-3,6-11,28-29,32-36,38,47-50H,1,4-5,12-25H2,(H,41,53)(H,42,52)/t32-,33-,34-,35+,36+,38+/m1/s1. The zero-order chi connectivity index (χ0) is 38.5. The molecule has 0 unspecified atom stereocenters. The molecule has 6 atom stereocenters. The Morgan fingerprint density at radius 3 is 2.20 bits per heavy atom. The minimum absolute atomic E-state index is 0.000651. The molecule has 0 spiro atoms. The number of piperidine rings is 3. The molecule has 4 fully saturated rings. The first kappa shape index (κ1) is 39.3. The molecule has 5 aliphatic heterocycles. The molecule has 15 nitrogen and oxygen atoms in total. The second-order valence-corrected chi connectivity index (χ2v) is 15.6. The first-order chi connectivity index (χ1) is 26.7. The van der Waals surface area contributed by atoms with Crippen LogP contribution in [0.3, 0.4) is 0 Å². The second kappa shape index (κ2) is 17.9. The summed E-state index contributed by atoms with van der Waals surface area (Å²) in [4.78, 5) is 49.3. The molecule has 5 aliphatic rings. The van der Waals surface area contributed by atoms with Crippen LogP contribution in [0, 0.1) is 0 Å². The van der Waals surface area contributed by atoms with Crippen LogP contribution in [0.15, 0.2) is 48.5 Å². The summed E-state index contributed by atoms with van der Waals surface area (Å²) in [5.74, 6) is 0.187. The number of ether oxygens (including phenoxy) is 2. The van der Waals surface area contributed by atoms with E-state index in [2.05, 4.69) is 15.5 Å². The number of amides is 5. The average molecular weight is 765 g/mol. The van der Waals surface area contributed by atoms with E-state index in [0.29, 0.717) is 57.4 Å². The van der Waals surface area contributed by atoms with Crippen molar-refractivity contribution < 1.29 is 44.3 Å². The van der Waals surface area contributed by atoms with Crippen LogP contribution in [-0.4, -0.2) is 159 Å². The molecule has 55 heavy (non-hydrogen) atoms. The number of nitrogens with one attached hydrogen (secondary N) is 2. The lowest BCUT2D eigenvalue weighted by molar-refractivity contribution is -0.277. The van der Waals surface area contributed by atoms with Gasteiger partial charge in [-0.3, -0.25) is 4.79 Å². The number of fused-ring (bicyclic) bond motifs is 1. The number of hydrogen-bond acceptors (Lipinski definition) is 10. The van der Waals surface area contributed by atoms with Crippen LogP contribution in [0.5, 0.6) is 5.75 Å². The van der Waals surface area contributed by atoms with Gasteiger partial charge in [-0.1, -0.05) is 36.8 Å². The number of likely N-dealkylation sites (tertiary alicyclic amines) is 3. The summed E-state index contributed by atoms with van der Waals surface area (Å²) in [6.45, 7) is 4.44. The Hall–Kier alpha value is -3.99. The van der Waals surface area contributed by atoms with Crippen LogP contribution in [-0.2, 0) is 22.4 Å². The molecule has 0 saturated carbocycles. The fourth-order valence-electron chi connectivity index (χ4n) is 8.75. The van der Waals surface area contributed by atoms with E-state index in [-0.39, 0.29) is 30.4 Å². The van der Waals surface area contributed by atoms with E-state index in [1.54, 1.807) is 29.2 Å². The zero-order valence-corrected chi connectivity index (χ0v) is 31.4. The molecule has 5 amide bonds. The van der Waals surface area contributed by atoms with Gasteiger partial charge in [0.05, 0.1) is 6.61 Å². The number of hydrogen-bond donors (Lipinski definition) is 6. The van der Waals surface area contributed by atoms with E-state index in [1.165, 1.54) is 19.3 Å². The normalized spacial score (nSPS) is 27.8. The summed E-state index contributed by atoms with van der Waals surface area (Å²) >= 11 is 0. The number of para-hydroxylation sites is 1. The van der Waals surface area contributed by atoms with Crippen LogP contribution in [0.2, 0.25) is 0 Å². The number of carbonyl (C=O) groups excluding carboxylic acids is 3. The largest absolute Gasteiger partial charge is 0.462 e. The molecule has 0 aromatic heterocycles. The lowest BCUT2D eigenvalue weighted by Gasteiger charge is -2.41. The number of carbonyl (C=O) groups is 3. The predicted octanol–water partition coefficient (Wildman–Crippen LogP) is 1.52. The van der Waals surface area contributed by atoms with Crippen LogP contribution >= 0.6 is 0 Å². The van der Waals surface area contributed by atoms with Gasteiger partial charge in [-0.15, -0.1) is 0 Å². The van der Waals surface area contributed by atoms with E-state index in [1.807, 2.05) is 34.1 Å². The third kappa shape index (κ3) is 9.19. The number of nitrogens with zero attached hydrogens (tertiary/aromatic N) is 4. The number of anilines is 1. The topological polar surface area (TPSA) is 188 Å². The monoisotopic (exact) mass is 764 g/mol. The summed E-state index contributed by atoms with van der Waals surface area (Å²) in [5.41, 5.74) is 2.72. The highest BCUT2D eigenvalue weighted by Crippen LogP contribution is 2.27. The molecule has 0 bridgehead atoms. The van der Waals surface area contributed by atoms with E-state index in [0.717, 1.165) is 49.2 Å². The number of urea groups is 2. The average Bonchev–Trinajstić information content (AvgIpc) is 3.39. The van der Waals surface area contributed by atoms with Crippen LogP contribution in [0.1, 0.15) is 56.1 Å². The Balaban J connectivity index is 0.985. The maximum atomic E-state index is 14.2. The van der Waals surface area contributed by atoms with E-state index >= 15 is 0 Å². The summed E-state index contributed by atoms with van der Waals surface area (Å²) in [6, 6.07) is 13.9. The van der Waals surface area contributed by atoms with E-state index in [4.69, 9.17) is 9.47 Å². The zero-order valence-electron chi connectivity index (χ0n) is 31.4. The summed E-state index contributed by atoms with van der Waals surface area (Å²) < 4.78 is 11.2. The van der Waals surface area contributed by atoms with Crippen LogP contribution in [0.25, 0.3) is 0 Å². The Kier molecular flexibility index (Phi) is 12.7. The first-order valence-corrected chi connectivity index (χ1v) is 20.0. The molecule has 7 rings (SSSR count). The molecule has 5 heterocycles. The highest BCUT2D eigenvalue weighted by Gasteiger charge is 2.45. The lowest BCUT2D eigenvalue weighted by Crippen LogP contribution is -2.60. The quantitative estimate of drug-likeness (QED) is 0.219. The number of rotatable bonds is 9. The van der Waals surface area contributed by atoms with Crippen molar-refractivity contribution in [2.24, 2.45) is 0 Å². The Morgan fingerprint density at radius 2 is 1.49 bits per heavy atom. The Labute approximate surface area is 322 Å². The minimum Gasteiger partial charge on any atom is -0.462 e. The van der Waals surface area contributed by atoms with Gasteiger partial charge in [-0.05, 0) is 87.4 Å². The number of benzene rings is 2. The van der Waals surface area contributed by atoms with Crippen molar-refractivity contribution in [3.8, 4) is 5.75 Å². The van der Waals surface area contributed by atoms with Gasteiger partial charge in [-0.2, -0.15) is 0 Å². The van der Waals surface area contributed by atoms with Gasteiger partial charge < -0.3 is 60.1 Å². The third-order valence-electron chi connectivity index (χ3n) is 12.1. The van der Waals surface area contributed by atoms with Crippen molar-refractivity contribution in [1.82, 2.24) is 24.9 Å². The number of aliphatic hydroxyl groups excluding tert-OH is 4. The maximum absolute atomic E-state index is 14.2. The molecule has 4 saturated heterocycles. The minimum atomic E-state index is -1.56. The lowest BCUT2D eigenvalue weighted by atomic mass is 9.98. The van der Waals surface area contributed by atoms with Crippen molar-refractivity contribution in [2.75, 3.05) is 57.7 Å². The Morgan fingerprint density at radius 1 is 0.818 bits per heavy atom. The molecular formula is C40H56N6O9. The summed E-state index contributed by atoms with van der Waals surface area (Å²) in [5, 5.41) is 46.3. The maximum Gasteiger partial charge on any atom is 0.322 e. The van der Waals surface area contributed by atoms with Gasteiger partial charge in [0, 0.05) is 56.9 Å². The summed E-state index contributed by atoms with van der Waals surface area (Å²) in [6.07, 6.45) is 0.764. The SMILES string of the molecule is O=C(N[C@H](Cc1ccc(O[C@H]2O[C@H](CO)[C@@H](O)[C@H](O)[C@@H]2O)cc1)C(=O)N1CCC(N2CCCCC2)CC1)N1CCC(N2CCc3ccccc3NC2=O)CC1. The summed E-state index contributed by atoms with van der Waals surface area (Å²) in [7, 11) is 0.